The predicted molar refractivity (Wildman–Crippen MR) is 129 cm³/mol. The molecular weight excluding hydrogens is 490 g/mol. The van der Waals surface area contributed by atoms with Crippen molar-refractivity contribution >= 4 is 31.9 Å². The monoisotopic (exact) mass is 511 g/mol. The van der Waals surface area contributed by atoms with Gasteiger partial charge in [-0.1, -0.05) is 82.7 Å². The topological polar surface area (TPSA) is 72.5 Å². The molecule has 3 rings (SSSR count). The Morgan fingerprint density at radius 3 is 2.22 bits per heavy atom. The third kappa shape index (κ3) is 6.03. The molecule has 1 atom stereocenters. The molecule has 1 N–H and O–H groups in total. The van der Waals surface area contributed by atoms with Gasteiger partial charge in [-0.3, -0.25) is 0 Å². The lowest BCUT2D eigenvalue weighted by atomic mass is 9.99. The molecule has 0 radical (unpaired) electrons. The summed E-state index contributed by atoms with van der Waals surface area (Å²) in [7, 11) is -3.95. The van der Waals surface area contributed by atoms with E-state index < -0.39 is 22.0 Å². The smallest absolute Gasteiger partial charge is 0.341 e. The number of halogens is 1. The average molecular weight is 512 g/mol. The van der Waals surface area contributed by atoms with Crippen LogP contribution in [0.15, 0.2) is 113 Å². The lowest BCUT2D eigenvalue weighted by Crippen LogP contribution is -2.33. The highest BCUT2D eigenvalue weighted by Gasteiger charge is 2.29. The molecule has 0 saturated heterocycles. The summed E-state index contributed by atoms with van der Waals surface area (Å²) >= 11 is 3.38. The molecule has 5 nitrogen and oxygen atoms in total. The fraction of sp³-hybridized carbons (Fsp3) is 0.0800. The second kappa shape index (κ2) is 10.5. The maximum atomic E-state index is 13.2. The van der Waals surface area contributed by atoms with Crippen LogP contribution in [0.4, 0.5) is 0 Å². The van der Waals surface area contributed by atoms with Crippen molar-refractivity contribution in [2.75, 3.05) is 0 Å². The van der Waals surface area contributed by atoms with Crippen molar-refractivity contribution in [3.05, 3.63) is 119 Å². The molecule has 164 valence electrons. The van der Waals surface area contributed by atoms with E-state index in [1.807, 2.05) is 6.92 Å². The summed E-state index contributed by atoms with van der Waals surface area (Å²) in [4.78, 5) is 13.2. The summed E-state index contributed by atoms with van der Waals surface area (Å²) in [6.07, 6.45) is 2.88. The van der Waals surface area contributed by atoms with Gasteiger partial charge < -0.3 is 4.74 Å². The predicted octanol–water partition coefficient (Wildman–Crippen LogP) is 5.50. The summed E-state index contributed by atoms with van der Waals surface area (Å²) in [6, 6.07) is 21.1. The van der Waals surface area contributed by atoms with Crippen LogP contribution in [0.3, 0.4) is 0 Å². The van der Waals surface area contributed by atoms with Gasteiger partial charge in [0.25, 0.3) is 0 Å². The van der Waals surface area contributed by atoms with E-state index in [-0.39, 0.29) is 10.5 Å². The van der Waals surface area contributed by atoms with Crippen molar-refractivity contribution in [3.8, 4) is 5.75 Å². The van der Waals surface area contributed by atoms with Crippen molar-refractivity contribution in [2.45, 2.75) is 17.9 Å². The van der Waals surface area contributed by atoms with Gasteiger partial charge in [-0.2, -0.15) is 4.72 Å². The van der Waals surface area contributed by atoms with Gasteiger partial charge in [0.1, 0.15) is 5.75 Å². The number of hydrogen-bond donors (Lipinski definition) is 1. The number of sulfonamides is 1. The van der Waals surface area contributed by atoms with E-state index in [2.05, 4.69) is 27.2 Å². The molecule has 0 bridgehead atoms. The SMILES string of the molecule is C=C/C=C(/C(=O)Oc1ccccc1)C(NS(=O)(=O)c1ccc(C)cc1)c1ccc(Br)cc1. The van der Waals surface area contributed by atoms with Crippen molar-refractivity contribution in [2.24, 2.45) is 0 Å². The molecule has 0 aliphatic carbocycles. The van der Waals surface area contributed by atoms with Crippen LogP contribution in [-0.4, -0.2) is 14.4 Å². The Morgan fingerprint density at radius 1 is 1.00 bits per heavy atom. The summed E-state index contributed by atoms with van der Waals surface area (Å²) in [5.74, 6) is -0.334. The van der Waals surface area contributed by atoms with E-state index in [9.17, 15) is 13.2 Å². The molecule has 0 aliphatic heterocycles. The summed E-state index contributed by atoms with van der Waals surface area (Å²) in [5.41, 5.74) is 1.61. The molecular formula is C25H22BrNO4S. The number of carbonyl (C=O) groups is 1. The molecule has 32 heavy (non-hydrogen) atoms. The van der Waals surface area contributed by atoms with Crippen LogP contribution in [0.1, 0.15) is 17.2 Å². The van der Waals surface area contributed by atoms with Gasteiger partial charge in [0.2, 0.25) is 10.0 Å². The van der Waals surface area contributed by atoms with Crippen molar-refractivity contribution in [1.82, 2.24) is 4.72 Å². The van der Waals surface area contributed by atoms with Gasteiger partial charge in [-0.25, -0.2) is 13.2 Å². The molecule has 0 aliphatic rings. The van der Waals surface area contributed by atoms with E-state index in [0.717, 1.165) is 10.0 Å². The number of carbonyl (C=O) groups excluding carboxylic acids is 1. The first-order valence-electron chi connectivity index (χ1n) is 9.74. The number of para-hydroxylation sites is 1. The minimum Gasteiger partial charge on any atom is -0.423 e. The molecule has 1 unspecified atom stereocenters. The van der Waals surface area contributed by atoms with Gasteiger partial charge >= 0.3 is 5.97 Å². The third-order valence-electron chi connectivity index (χ3n) is 4.61. The van der Waals surface area contributed by atoms with Crippen LogP contribution in [0.25, 0.3) is 0 Å². The van der Waals surface area contributed by atoms with Crippen LogP contribution in [-0.2, 0) is 14.8 Å². The van der Waals surface area contributed by atoms with Gasteiger partial charge in [0.15, 0.2) is 0 Å². The highest BCUT2D eigenvalue weighted by atomic mass is 79.9. The van der Waals surface area contributed by atoms with Crippen molar-refractivity contribution in [3.63, 3.8) is 0 Å². The number of aryl methyl sites for hydroxylation is 1. The zero-order valence-electron chi connectivity index (χ0n) is 17.4. The number of benzene rings is 3. The number of hydrogen-bond acceptors (Lipinski definition) is 4. The summed E-state index contributed by atoms with van der Waals surface area (Å²) in [6.45, 7) is 5.55. The molecule has 3 aromatic rings. The molecule has 0 spiro atoms. The van der Waals surface area contributed by atoms with Crippen molar-refractivity contribution < 1.29 is 17.9 Å². The third-order valence-corrected chi connectivity index (χ3v) is 6.57. The number of rotatable bonds is 8. The minimum atomic E-state index is -3.95. The number of nitrogens with one attached hydrogen (secondary N) is 1. The first-order chi connectivity index (χ1) is 15.3. The van der Waals surface area contributed by atoms with Gasteiger partial charge in [-0.05, 0) is 48.9 Å². The zero-order valence-corrected chi connectivity index (χ0v) is 19.8. The first kappa shape index (κ1) is 23.7. The Kier molecular flexibility index (Phi) is 7.80. The lowest BCUT2D eigenvalue weighted by Gasteiger charge is -2.22. The van der Waals surface area contributed by atoms with Crippen LogP contribution >= 0.6 is 15.9 Å². The average Bonchev–Trinajstić information content (AvgIpc) is 2.78. The Hall–Kier alpha value is -3.00. The number of allylic oxidation sites excluding steroid dienone is 2. The number of esters is 1. The molecule has 0 saturated carbocycles. The first-order valence-corrected chi connectivity index (χ1v) is 12.0. The van der Waals surface area contributed by atoms with E-state index >= 15 is 0 Å². The van der Waals surface area contributed by atoms with Crippen LogP contribution in [0.2, 0.25) is 0 Å². The van der Waals surface area contributed by atoms with E-state index in [4.69, 9.17) is 4.74 Å². The van der Waals surface area contributed by atoms with Gasteiger partial charge in [0.05, 0.1) is 16.5 Å². The van der Waals surface area contributed by atoms with Gasteiger partial charge in [0, 0.05) is 4.47 Å². The highest BCUT2D eigenvalue weighted by Crippen LogP contribution is 2.28. The largest absolute Gasteiger partial charge is 0.423 e. The maximum Gasteiger partial charge on any atom is 0.341 e. The molecule has 0 fully saturated rings. The Morgan fingerprint density at radius 2 is 1.62 bits per heavy atom. The minimum absolute atomic E-state index is 0.0968. The van der Waals surface area contributed by atoms with Gasteiger partial charge in [-0.15, -0.1) is 0 Å². The second-order valence-electron chi connectivity index (χ2n) is 6.98. The summed E-state index contributed by atoms with van der Waals surface area (Å²) < 4.78 is 35.3. The fourth-order valence-corrected chi connectivity index (χ4v) is 4.44. The molecule has 3 aromatic carbocycles. The number of ether oxygens (including phenoxy) is 1. The van der Waals surface area contributed by atoms with Crippen LogP contribution in [0, 0.1) is 6.92 Å². The Bertz CT molecular complexity index is 1220. The van der Waals surface area contributed by atoms with E-state index in [0.29, 0.717) is 11.3 Å². The van der Waals surface area contributed by atoms with Crippen LogP contribution < -0.4 is 9.46 Å². The molecule has 0 aromatic heterocycles. The van der Waals surface area contributed by atoms with Crippen LogP contribution in [0.5, 0.6) is 5.75 Å². The normalized spacial score (nSPS) is 12.8. The fourth-order valence-electron chi connectivity index (χ4n) is 2.97. The Labute approximate surface area is 196 Å². The molecule has 0 amide bonds. The second-order valence-corrected chi connectivity index (χ2v) is 9.61. The lowest BCUT2D eigenvalue weighted by molar-refractivity contribution is -0.130. The summed E-state index contributed by atoms with van der Waals surface area (Å²) in [5, 5.41) is 0. The molecule has 7 heteroatoms. The quantitative estimate of drug-likeness (QED) is 0.187. The van der Waals surface area contributed by atoms with E-state index in [1.165, 1.54) is 24.3 Å². The highest BCUT2D eigenvalue weighted by molar-refractivity contribution is 9.10. The Balaban J connectivity index is 2.02. The maximum absolute atomic E-state index is 13.2. The molecule has 0 heterocycles. The zero-order chi connectivity index (χ0) is 23.1. The van der Waals surface area contributed by atoms with E-state index in [1.54, 1.807) is 66.7 Å². The standard InChI is InChI=1S/C25H22BrNO4S/c1-3-7-23(25(28)31-21-8-5-4-6-9-21)24(19-12-14-20(26)15-13-19)27-32(29,30)22-16-10-18(2)11-17-22/h3-17,24,27H,1H2,2H3/b23-7+. The van der Waals surface area contributed by atoms with Crippen molar-refractivity contribution in [1.29, 1.82) is 0 Å².